The summed E-state index contributed by atoms with van der Waals surface area (Å²) in [5, 5.41) is 0. The maximum atomic E-state index is 12.9. The zero-order valence-corrected chi connectivity index (χ0v) is 58.2. The fourth-order valence-corrected chi connectivity index (χ4v) is 11.4. The minimum atomic E-state index is -4.39. The number of nitrogens with zero attached hydrogens (tertiary/aromatic N) is 1. The van der Waals surface area contributed by atoms with Crippen molar-refractivity contribution in [1.82, 2.24) is 0 Å². The molecular formula is C76H141NO8P+. The van der Waals surface area contributed by atoms with Crippen molar-refractivity contribution < 1.29 is 42.1 Å². The van der Waals surface area contributed by atoms with Gasteiger partial charge >= 0.3 is 19.8 Å². The summed E-state index contributed by atoms with van der Waals surface area (Å²) in [6.45, 7) is 4.37. The second kappa shape index (κ2) is 66.9. The topological polar surface area (TPSA) is 108 Å². The largest absolute Gasteiger partial charge is 0.472 e. The molecule has 2 unspecified atom stereocenters. The molecular weight excluding hydrogens is 1090 g/mol. The number of quaternary nitrogens is 1. The van der Waals surface area contributed by atoms with Gasteiger partial charge in [-0.25, -0.2) is 4.57 Å². The lowest BCUT2D eigenvalue weighted by atomic mass is 10.0. The van der Waals surface area contributed by atoms with Gasteiger partial charge in [0.05, 0.1) is 27.7 Å². The first-order valence-electron chi connectivity index (χ1n) is 36.7. The summed E-state index contributed by atoms with van der Waals surface area (Å²) in [6.07, 6.45) is 90.2. The Morgan fingerprint density at radius 2 is 0.663 bits per heavy atom. The molecule has 0 aromatic carbocycles. The smallest absolute Gasteiger partial charge is 0.462 e. The van der Waals surface area contributed by atoms with E-state index in [1.54, 1.807) is 0 Å². The van der Waals surface area contributed by atoms with Crippen molar-refractivity contribution in [3.63, 3.8) is 0 Å². The van der Waals surface area contributed by atoms with Crippen molar-refractivity contribution in [3.05, 3.63) is 72.9 Å². The van der Waals surface area contributed by atoms with E-state index >= 15 is 0 Å². The summed E-state index contributed by atoms with van der Waals surface area (Å²) in [7, 11) is 1.49. The molecule has 0 spiro atoms. The summed E-state index contributed by atoms with van der Waals surface area (Å²) >= 11 is 0. The number of phosphoric ester groups is 1. The molecule has 10 heteroatoms. The molecule has 0 aliphatic rings. The number of ether oxygens (including phenoxy) is 2. The molecule has 0 aliphatic heterocycles. The first-order valence-corrected chi connectivity index (χ1v) is 38.2. The van der Waals surface area contributed by atoms with Gasteiger partial charge in [-0.3, -0.25) is 18.6 Å². The predicted octanol–water partition coefficient (Wildman–Crippen LogP) is 23.9. The zero-order chi connectivity index (χ0) is 62.6. The van der Waals surface area contributed by atoms with E-state index in [1.165, 1.54) is 250 Å². The summed E-state index contributed by atoms with van der Waals surface area (Å²) < 4.78 is 34.8. The standard InChI is InChI=1S/C76H140NO8P/c1-6-8-10-12-14-16-18-20-22-24-26-28-30-31-32-33-34-35-36-37-38-39-40-41-42-43-44-45-47-49-51-53-55-57-59-61-63-65-67-69-76(79)85-74(73-84-86(80,81)83-71-70-77(3,4)5)72-82-75(78)68-66-64-62-60-58-56-54-52-50-48-46-29-27-25-23-21-19-17-15-13-11-9-7-2/h8,10,14,16,20,22,25-28,31-32,74H,6-7,9,11-13,15,17-19,21,23-24,29-30,33-73H2,1-5H3/p+1/b10-8-,16-14-,22-20-,27-25-,28-26-,32-31-. The van der Waals surface area contributed by atoms with Crippen molar-refractivity contribution in [1.29, 1.82) is 0 Å². The lowest BCUT2D eigenvalue weighted by Gasteiger charge is -2.24. The van der Waals surface area contributed by atoms with E-state index in [-0.39, 0.29) is 25.6 Å². The molecule has 1 N–H and O–H groups in total. The number of hydrogen-bond acceptors (Lipinski definition) is 7. The monoisotopic (exact) mass is 1230 g/mol. The Balaban J connectivity index is 3.94. The van der Waals surface area contributed by atoms with Crippen LogP contribution in [-0.2, 0) is 32.7 Å². The van der Waals surface area contributed by atoms with Crippen LogP contribution in [0.15, 0.2) is 72.9 Å². The van der Waals surface area contributed by atoms with Gasteiger partial charge in [-0.05, 0) is 83.5 Å². The highest BCUT2D eigenvalue weighted by atomic mass is 31.2. The van der Waals surface area contributed by atoms with Gasteiger partial charge in [-0.2, -0.15) is 0 Å². The minimum absolute atomic E-state index is 0.0328. The fraction of sp³-hybridized carbons (Fsp3) is 0.816. The first-order chi connectivity index (χ1) is 42.0. The number of likely N-dealkylation sites (N-methyl/N-ethyl adjacent to an activating group) is 1. The molecule has 86 heavy (non-hydrogen) atoms. The van der Waals surface area contributed by atoms with Crippen LogP contribution in [0.1, 0.15) is 348 Å². The van der Waals surface area contributed by atoms with Crippen LogP contribution in [0.5, 0.6) is 0 Å². The van der Waals surface area contributed by atoms with Gasteiger partial charge in [0.2, 0.25) is 0 Å². The number of allylic oxidation sites excluding steroid dienone is 12. The van der Waals surface area contributed by atoms with Crippen molar-refractivity contribution in [3.8, 4) is 0 Å². The van der Waals surface area contributed by atoms with Crippen molar-refractivity contribution in [2.45, 2.75) is 354 Å². The van der Waals surface area contributed by atoms with Gasteiger partial charge in [0, 0.05) is 12.8 Å². The van der Waals surface area contributed by atoms with Crippen LogP contribution >= 0.6 is 7.82 Å². The van der Waals surface area contributed by atoms with E-state index < -0.39 is 26.5 Å². The highest BCUT2D eigenvalue weighted by Gasteiger charge is 2.27. The number of carbonyl (C=O) groups is 2. The number of rotatable bonds is 68. The molecule has 9 nitrogen and oxygen atoms in total. The van der Waals surface area contributed by atoms with E-state index in [9.17, 15) is 19.0 Å². The third-order valence-corrected chi connectivity index (χ3v) is 17.2. The molecule has 0 saturated carbocycles. The van der Waals surface area contributed by atoms with Gasteiger partial charge in [0.25, 0.3) is 0 Å². The third kappa shape index (κ3) is 70.5. The van der Waals surface area contributed by atoms with Gasteiger partial charge < -0.3 is 18.9 Å². The summed E-state index contributed by atoms with van der Waals surface area (Å²) in [6, 6.07) is 0. The Bertz CT molecular complexity index is 1680. The van der Waals surface area contributed by atoms with Crippen LogP contribution in [-0.4, -0.2) is 74.9 Å². The number of esters is 2. The summed E-state index contributed by atoms with van der Waals surface area (Å²) in [5.74, 6) is -0.781. The Labute approximate surface area is 533 Å². The van der Waals surface area contributed by atoms with E-state index in [4.69, 9.17) is 18.5 Å². The lowest BCUT2D eigenvalue weighted by Crippen LogP contribution is -2.37. The van der Waals surface area contributed by atoms with E-state index in [2.05, 4.69) is 86.8 Å². The predicted molar refractivity (Wildman–Crippen MR) is 372 cm³/mol. The molecule has 0 amide bonds. The highest BCUT2D eigenvalue weighted by molar-refractivity contribution is 7.47. The summed E-state index contributed by atoms with van der Waals surface area (Å²) in [5.41, 5.74) is 0. The van der Waals surface area contributed by atoms with Gasteiger partial charge in [0.15, 0.2) is 6.10 Å². The van der Waals surface area contributed by atoms with E-state index in [0.717, 1.165) is 64.2 Å². The van der Waals surface area contributed by atoms with Gasteiger partial charge in [-0.15, -0.1) is 0 Å². The van der Waals surface area contributed by atoms with Gasteiger partial charge in [-0.1, -0.05) is 324 Å². The van der Waals surface area contributed by atoms with Crippen LogP contribution in [0.25, 0.3) is 0 Å². The second-order valence-corrected chi connectivity index (χ2v) is 27.4. The van der Waals surface area contributed by atoms with E-state index in [1.807, 2.05) is 21.1 Å². The molecule has 0 bridgehead atoms. The van der Waals surface area contributed by atoms with Crippen molar-refractivity contribution in [2.75, 3.05) is 47.5 Å². The number of carbonyl (C=O) groups excluding carboxylic acids is 2. The quantitative estimate of drug-likeness (QED) is 0.0211. The number of unbranched alkanes of at least 4 members (excludes halogenated alkanes) is 42. The van der Waals surface area contributed by atoms with Crippen LogP contribution < -0.4 is 0 Å². The van der Waals surface area contributed by atoms with Crippen LogP contribution in [0.4, 0.5) is 0 Å². The zero-order valence-electron chi connectivity index (χ0n) is 57.3. The average Bonchev–Trinajstić information content (AvgIpc) is 3.56. The molecule has 0 aliphatic carbocycles. The average molecular weight is 1230 g/mol. The molecule has 0 heterocycles. The Hall–Kier alpha value is -2.55. The van der Waals surface area contributed by atoms with Crippen LogP contribution in [0.2, 0.25) is 0 Å². The third-order valence-electron chi connectivity index (χ3n) is 16.2. The van der Waals surface area contributed by atoms with Gasteiger partial charge in [0.1, 0.15) is 19.8 Å². The molecule has 502 valence electrons. The first kappa shape index (κ1) is 83.5. The molecule has 0 saturated heterocycles. The SMILES string of the molecule is CC/C=C\C/C=C\C/C=C\C/C=C\C/C=C\CCCCCCCCCCCCCCCCCCCCCCCCCC(=O)OC(COC(=O)CCCCCCCCCCCCC/C=C\CCCCCCCCCC)COP(=O)(O)OCC[N+](C)(C)C. The molecule has 0 aromatic rings. The minimum Gasteiger partial charge on any atom is -0.462 e. The van der Waals surface area contributed by atoms with Crippen molar-refractivity contribution in [2.24, 2.45) is 0 Å². The highest BCUT2D eigenvalue weighted by Crippen LogP contribution is 2.43. The normalized spacial score (nSPS) is 13.5. The molecule has 0 fully saturated rings. The Morgan fingerprint density at radius 1 is 0.372 bits per heavy atom. The lowest BCUT2D eigenvalue weighted by molar-refractivity contribution is -0.870. The van der Waals surface area contributed by atoms with Crippen LogP contribution in [0.3, 0.4) is 0 Å². The van der Waals surface area contributed by atoms with E-state index in [0.29, 0.717) is 23.9 Å². The maximum absolute atomic E-state index is 12.9. The Morgan fingerprint density at radius 3 is 1.00 bits per heavy atom. The van der Waals surface area contributed by atoms with Crippen molar-refractivity contribution >= 4 is 19.8 Å². The van der Waals surface area contributed by atoms with Crippen LogP contribution in [0, 0.1) is 0 Å². The Kier molecular flexibility index (Phi) is 64.9. The summed E-state index contributed by atoms with van der Waals surface area (Å²) in [4.78, 5) is 35.9. The molecule has 0 radical (unpaired) electrons. The number of phosphoric acid groups is 1. The molecule has 2 atom stereocenters. The second-order valence-electron chi connectivity index (χ2n) is 25.9. The fourth-order valence-electron chi connectivity index (χ4n) is 10.6. The number of hydrogen-bond donors (Lipinski definition) is 1. The molecule has 0 aromatic heterocycles. The molecule has 0 rings (SSSR count). The maximum Gasteiger partial charge on any atom is 0.472 e.